The number of anilines is 1. The SMILES string of the molecule is CN(CC1CCNCC1)c1ncccc1C(N)=O. The lowest BCUT2D eigenvalue weighted by Gasteiger charge is -2.28. The molecule has 2 heterocycles. The third kappa shape index (κ3) is 2.98. The van der Waals surface area contributed by atoms with Crippen LogP contribution in [0.2, 0.25) is 0 Å². The van der Waals surface area contributed by atoms with Crippen LogP contribution in [0, 0.1) is 5.92 Å². The zero-order chi connectivity index (χ0) is 13.0. The summed E-state index contributed by atoms with van der Waals surface area (Å²) in [6.07, 6.45) is 4.03. The van der Waals surface area contributed by atoms with E-state index in [1.54, 1.807) is 18.3 Å². The maximum atomic E-state index is 11.4. The molecule has 1 fully saturated rings. The fraction of sp³-hybridized carbons (Fsp3) is 0.538. The molecule has 0 aromatic carbocycles. The summed E-state index contributed by atoms with van der Waals surface area (Å²) in [6, 6.07) is 3.46. The van der Waals surface area contributed by atoms with Gasteiger partial charge in [0.2, 0.25) is 0 Å². The zero-order valence-electron chi connectivity index (χ0n) is 10.7. The van der Waals surface area contributed by atoms with Gasteiger partial charge in [0.25, 0.3) is 5.91 Å². The van der Waals surface area contributed by atoms with Crippen molar-refractivity contribution in [2.24, 2.45) is 11.7 Å². The molecular weight excluding hydrogens is 228 g/mol. The number of amides is 1. The van der Waals surface area contributed by atoms with Gasteiger partial charge in [0.1, 0.15) is 5.82 Å². The first-order valence-corrected chi connectivity index (χ1v) is 6.35. The minimum absolute atomic E-state index is 0.421. The molecule has 0 aliphatic carbocycles. The molecule has 1 aliphatic rings. The molecule has 1 aromatic heterocycles. The van der Waals surface area contributed by atoms with Crippen molar-refractivity contribution in [1.29, 1.82) is 0 Å². The Bertz CT molecular complexity index is 415. The number of rotatable bonds is 4. The maximum absolute atomic E-state index is 11.4. The summed E-state index contributed by atoms with van der Waals surface area (Å²) in [5.41, 5.74) is 5.86. The fourth-order valence-electron chi connectivity index (χ4n) is 2.43. The summed E-state index contributed by atoms with van der Waals surface area (Å²) in [6.45, 7) is 3.06. The van der Waals surface area contributed by atoms with Crippen molar-refractivity contribution in [3.05, 3.63) is 23.9 Å². The van der Waals surface area contributed by atoms with E-state index in [-0.39, 0.29) is 0 Å². The Kier molecular flexibility index (Phi) is 4.15. The fourth-order valence-corrected chi connectivity index (χ4v) is 2.43. The van der Waals surface area contributed by atoms with Crippen LogP contribution in [0.3, 0.4) is 0 Å². The number of hydrogen-bond acceptors (Lipinski definition) is 4. The number of hydrogen-bond donors (Lipinski definition) is 2. The highest BCUT2D eigenvalue weighted by Gasteiger charge is 2.18. The van der Waals surface area contributed by atoms with Gasteiger partial charge in [0, 0.05) is 19.8 Å². The minimum Gasteiger partial charge on any atom is -0.365 e. The highest BCUT2D eigenvalue weighted by Crippen LogP contribution is 2.19. The van der Waals surface area contributed by atoms with Gasteiger partial charge >= 0.3 is 0 Å². The van der Waals surface area contributed by atoms with Crippen molar-refractivity contribution in [2.75, 3.05) is 31.6 Å². The third-order valence-corrected chi connectivity index (χ3v) is 3.40. The summed E-state index contributed by atoms with van der Waals surface area (Å²) in [5.74, 6) is 0.915. The largest absolute Gasteiger partial charge is 0.365 e. The quantitative estimate of drug-likeness (QED) is 0.819. The monoisotopic (exact) mass is 248 g/mol. The summed E-state index contributed by atoms with van der Waals surface area (Å²) in [4.78, 5) is 17.7. The van der Waals surface area contributed by atoms with E-state index in [1.807, 2.05) is 11.9 Å². The minimum atomic E-state index is -0.421. The predicted molar refractivity (Wildman–Crippen MR) is 71.6 cm³/mol. The zero-order valence-corrected chi connectivity index (χ0v) is 10.7. The molecule has 0 atom stereocenters. The van der Waals surface area contributed by atoms with Crippen LogP contribution in [0.15, 0.2) is 18.3 Å². The molecular formula is C13H20N4O. The Morgan fingerprint density at radius 3 is 2.94 bits per heavy atom. The first-order valence-electron chi connectivity index (χ1n) is 6.35. The molecule has 2 rings (SSSR count). The average Bonchev–Trinajstić information content (AvgIpc) is 2.40. The Morgan fingerprint density at radius 1 is 1.56 bits per heavy atom. The number of nitrogens with zero attached hydrogens (tertiary/aromatic N) is 2. The number of piperidine rings is 1. The Labute approximate surface area is 107 Å². The number of primary amides is 1. The second-order valence-electron chi connectivity index (χ2n) is 4.81. The van der Waals surface area contributed by atoms with E-state index in [0.29, 0.717) is 17.3 Å². The van der Waals surface area contributed by atoms with Crippen molar-refractivity contribution >= 4 is 11.7 Å². The van der Waals surface area contributed by atoms with E-state index >= 15 is 0 Å². The van der Waals surface area contributed by atoms with Crippen LogP contribution in [0.25, 0.3) is 0 Å². The van der Waals surface area contributed by atoms with E-state index in [0.717, 1.165) is 19.6 Å². The molecule has 0 spiro atoms. The summed E-state index contributed by atoms with van der Waals surface area (Å²) in [5, 5.41) is 3.35. The van der Waals surface area contributed by atoms with E-state index < -0.39 is 5.91 Å². The summed E-state index contributed by atoms with van der Waals surface area (Å²) in [7, 11) is 1.97. The topological polar surface area (TPSA) is 71.2 Å². The third-order valence-electron chi connectivity index (χ3n) is 3.40. The number of pyridine rings is 1. The first kappa shape index (κ1) is 12.8. The van der Waals surface area contributed by atoms with Gasteiger partial charge in [0.15, 0.2) is 0 Å². The lowest BCUT2D eigenvalue weighted by molar-refractivity contribution is 0.100. The van der Waals surface area contributed by atoms with E-state index in [4.69, 9.17) is 5.73 Å². The standard InChI is InChI=1S/C13H20N4O/c1-17(9-10-4-7-15-8-5-10)13-11(12(14)18)3-2-6-16-13/h2-3,6,10,15H,4-5,7-9H2,1H3,(H2,14,18). The van der Waals surface area contributed by atoms with Gasteiger partial charge in [-0.1, -0.05) is 0 Å². The second-order valence-corrected chi connectivity index (χ2v) is 4.81. The van der Waals surface area contributed by atoms with E-state index in [9.17, 15) is 4.79 Å². The van der Waals surface area contributed by atoms with Crippen LogP contribution in [0.5, 0.6) is 0 Å². The number of nitrogens with one attached hydrogen (secondary N) is 1. The molecule has 98 valence electrons. The lowest BCUT2D eigenvalue weighted by atomic mass is 9.97. The van der Waals surface area contributed by atoms with Crippen LogP contribution < -0.4 is 16.0 Å². The molecule has 1 saturated heterocycles. The molecule has 1 aliphatic heterocycles. The molecule has 1 aromatic rings. The summed E-state index contributed by atoms with van der Waals surface area (Å²) >= 11 is 0. The second kappa shape index (κ2) is 5.82. The van der Waals surface area contributed by atoms with Crippen molar-refractivity contribution in [1.82, 2.24) is 10.3 Å². The van der Waals surface area contributed by atoms with Crippen molar-refractivity contribution in [3.63, 3.8) is 0 Å². The molecule has 5 heteroatoms. The van der Waals surface area contributed by atoms with Gasteiger partial charge in [-0.05, 0) is 44.0 Å². The predicted octanol–water partition coefficient (Wildman–Crippen LogP) is 0.616. The Balaban J connectivity index is 2.08. The molecule has 18 heavy (non-hydrogen) atoms. The molecule has 5 nitrogen and oxygen atoms in total. The first-order chi connectivity index (χ1) is 8.68. The van der Waals surface area contributed by atoms with Crippen LogP contribution >= 0.6 is 0 Å². The molecule has 1 amide bonds. The van der Waals surface area contributed by atoms with Gasteiger partial charge < -0.3 is 16.0 Å². The normalized spacial score (nSPS) is 16.5. The van der Waals surface area contributed by atoms with Gasteiger partial charge in [0.05, 0.1) is 5.56 Å². The van der Waals surface area contributed by atoms with Gasteiger partial charge in [-0.15, -0.1) is 0 Å². The highest BCUT2D eigenvalue weighted by atomic mass is 16.1. The van der Waals surface area contributed by atoms with Crippen molar-refractivity contribution in [2.45, 2.75) is 12.8 Å². The highest BCUT2D eigenvalue weighted by molar-refractivity contribution is 5.97. The van der Waals surface area contributed by atoms with Crippen molar-refractivity contribution in [3.8, 4) is 0 Å². The van der Waals surface area contributed by atoms with E-state index in [1.165, 1.54) is 12.8 Å². The number of carbonyl (C=O) groups excluding carboxylic acids is 1. The molecule has 0 saturated carbocycles. The number of aromatic nitrogens is 1. The molecule has 0 radical (unpaired) electrons. The van der Waals surface area contributed by atoms with E-state index in [2.05, 4.69) is 10.3 Å². The lowest BCUT2D eigenvalue weighted by Crippen LogP contribution is -2.35. The summed E-state index contributed by atoms with van der Waals surface area (Å²) < 4.78 is 0. The smallest absolute Gasteiger partial charge is 0.252 e. The molecule has 3 N–H and O–H groups in total. The number of carbonyl (C=O) groups is 1. The maximum Gasteiger partial charge on any atom is 0.252 e. The van der Waals surface area contributed by atoms with Crippen LogP contribution in [0.4, 0.5) is 5.82 Å². The average molecular weight is 248 g/mol. The number of nitrogens with two attached hydrogens (primary N) is 1. The molecule has 0 unspecified atom stereocenters. The van der Waals surface area contributed by atoms with Crippen LogP contribution in [-0.4, -0.2) is 37.6 Å². The van der Waals surface area contributed by atoms with Gasteiger partial charge in [-0.2, -0.15) is 0 Å². The molecule has 0 bridgehead atoms. The Hall–Kier alpha value is -1.62. The Morgan fingerprint density at radius 2 is 2.28 bits per heavy atom. The van der Waals surface area contributed by atoms with Crippen LogP contribution in [-0.2, 0) is 0 Å². The van der Waals surface area contributed by atoms with Crippen LogP contribution in [0.1, 0.15) is 23.2 Å². The van der Waals surface area contributed by atoms with Gasteiger partial charge in [-0.25, -0.2) is 4.98 Å². The van der Waals surface area contributed by atoms with Gasteiger partial charge in [-0.3, -0.25) is 4.79 Å². The van der Waals surface area contributed by atoms with Crippen molar-refractivity contribution < 1.29 is 4.79 Å².